The van der Waals surface area contributed by atoms with Gasteiger partial charge in [0.05, 0.1) is 24.8 Å². The van der Waals surface area contributed by atoms with Gasteiger partial charge in [-0.2, -0.15) is 18.3 Å². The van der Waals surface area contributed by atoms with Crippen LogP contribution in [0, 0.1) is 0 Å². The Bertz CT molecular complexity index is 1020. The topological polar surface area (TPSA) is 54.3 Å². The van der Waals surface area contributed by atoms with E-state index >= 15 is 0 Å². The number of amides is 1. The number of alkyl halides is 3. The van der Waals surface area contributed by atoms with Gasteiger partial charge in [-0.15, -0.1) is 0 Å². The molecule has 0 unspecified atom stereocenters. The van der Waals surface area contributed by atoms with Crippen molar-refractivity contribution in [2.45, 2.75) is 19.1 Å². The van der Waals surface area contributed by atoms with Gasteiger partial charge in [0.25, 0.3) is 5.91 Å². The van der Waals surface area contributed by atoms with E-state index in [2.05, 4.69) is 10.1 Å². The van der Waals surface area contributed by atoms with Crippen LogP contribution in [0.4, 0.5) is 13.2 Å². The highest BCUT2D eigenvalue weighted by atomic mass is 19.4. The Hall–Kier alpha value is -2.94. The molecule has 4 rings (SSSR count). The molecule has 1 saturated heterocycles. The summed E-state index contributed by atoms with van der Waals surface area (Å²) < 4.78 is 39.7. The smallest absolute Gasteiger partial charge is 0.337 e. The molecule has 3 heterocycles. The van der Waals surface area contributed by atoms with Crippen LogP contribution < -0.4 is 0 Å². The lowest BCUT2D eigenvalue weighted by molar-refractivity contribution is -0.145. The van der Waals surface area contributed by atoms with Gasteiger partial charge in [-0.25, -0.2) is 9.67 Å². The van der Waals surface area contributed by atoms with E-state index in [1.165, 1.54) is 11.1 Å². The van der Waals surface area contributed by atoms with Gasteiger partial charge in [0.1, 0.15) is 0 Å². The Morgan fingerprint density at radius 1 is 1.03 bits per heavy atom. The fourth-order valence-electron chi connectivity index (χ4n) is 3.73. The van der Waals surface area contributed by atoms with Crippen molar-refractivity contribution in [3.05, 3.63) is 59.9 Å². The van der Waals surface area contributed by atoms with Gasteiger partial charge >= 0.3 is 6.18 Å². The molecule has 30 heavy (non-hydrogen) atoms. The quantitative estimate of drug-likeness (QED) is 0.654. The van der Waals surface area contributed by atoms with Gasteiger partial charge in [-0.3, -0.25) is 9.69 Å². The first kappa shape index (κ1) is 20.3. The van der Waals surface area contributed by atoms with E-state index in [0.29, 0.717) is 37.3 Å². The standard InChI is InChI=1S/C21H22F3N5O/c22-21(23,24)15-27-7-4-8-28(10-9-27)20(30)18-11-17-13-26-29(19(17)25-12-18)14-16-5-2-1-3-6-16/h1-3,5-6,11-13H,4,7-10,14-15H2. The lowest BCUT2D eigenvalue weighted by Gasteiger charge is -2.22. The highest BCUT2D eigenvalue weighted by Gasteiger charge is 2.32. The number of rotatable bonds is 4. The molecule has 158 valence electrons. The molecule has 0 N–H and O–H groups in total. The third-order valence-corrected chi connectivity index (χ3v) is 5.18. The van der Waals surface area contributed by atoms with Crippen molar-refractivity contribution in [3.8, 4) is 0 Å². The zero-order chi connectivity index (χ0) is 21.1. The first-order valence-electron chi connectivity index (χ1n) is 9.83. The number of halogens is 3. The highest BCUT2D eigenvalue weighted by molar-refractivity contribution is 5.96. The molecule has 0 bridgehead atoms. The Labute approximate surface area is 171 Å². The maximum Gasteiger partial charge on any atom is 0.401 e. The Morgan fingerprint density at radius 2 is 1.83 bits per heavy atom. The number of pyridine rings is 1. The minimum absolute atomic E-state index is 0.204. The number of carbonyl (C=O) groups is 1. The van der Waals surface area contributed by atoms with Crippen molar-refractivity contribution < 1.29 is 18.0 Å². The maximum atomic E-state index is 12.9. The van der Waals surface area contributed by atoms with Crippen LogP contribution in [0.1, 0.15) is 22.3 Å². The summed E-state index contributed by atoms with van der Waals surface area (Å²) in [4.78, 5) is 20.3. The fourth-order valence-corrected chi connectivity index (χ4v) is 3.73. The summed E-state index contributed by atoms with van der Waals surface area (Å²) in [6.07, 6.45) is -0.525. The molecule has 1 fully saturated rings. The number of nitrogens with zero attached hydrogens (tertiary/aromatic N) is 5. The van der Waals surface area contributed by atoms with Crippen LogP contribution in [0.5, 0.6) is 0 Å². The summed E-state index contributed by atoms with van der Waals surface area (Å²) in [5.41, 5.74) is 2.20. The summed E-state index contributed by atoms with van der Waals surface area (Å²) in [7, 11) is 0. The van der Waals surface area contributed by atoms with Crippen molar-refractivity contribution in [3.63, 3.8) is 0 Å². The number of carbonyl (C=O) groups excluding carboxylic acids is 1. The molecular formula is C21H22F3N5O. The predicted molar refractivity (Wildman–Crippen MR) is 106 cm³/mol. The molecule has 2 aromatic heterocycles. The van der Waals surface area contributed by atoms with Gasteiger partial charge in [0.15, 0.2) is 5.65 Å². The van der Waals surface area contributed by atoms with E-state index in [1.807, 2.05) is 30.3 Å². The molecule has 0 atom stereocenters. The van der Waals surface area contributed by atoms with Gasteiger partial charge < -0.3 is 4.90 Å². The zero-order valence-electron chi connectivity index (χ0n) is 16.3. The third kappa shape index (κ3) is 4.79. The van der Waals surface area contributed by atoms with Gasteiger partial charge in [-0.1, -0.05) is 30.3 Å². The SMILES string of the molecule is O=C(c1cnc2c(cnn2Cc2ccccc2)c1)N1CCCN(CC(F)(F)F)CC1. The molecule has 1 aliphatic heterocycles. The second kappa shape index (κ2) is 8.43. The van der Waals surface area contributed by atoms with Crippen LogP contribution >= 0.6 is 0 Å². The van der Waals surface area contributed by atoms with Gasteiger partial charge in [-0.05, 0) is 18.1 Å². The monoisotopic (exact) mass is 417 g/mol. The normalized spacial score (nSPS) is 16.0. The molecule has 0 aliphatic carbocycles. The second-order valence-corrected chi connectivity index (χ2v) is 7.46. The highest BCUT2D eigenvalue weighted by Crippen LogP contribution is 2.19. The second-order valence-electron chi connectivity index (χ2n) is 7.46. The molecule has 1 amide bonds. The van der Waals surface area contributed by atoms with Crippen molar-refractivity contribution in [1.29, 1.82) is 0 Å². The van der Waals surface area contributed by atoms with Crippen LogP contribution in [0.15, 0.2) is 48.8 Å². The molecule has 1 aromatic carbocycles. The summed E-state index contributed by atoms with van der Waals surface area (Å²) in [6, 6.07) is 11.6. The molecule has 0 saturated carbocycles. The Morgan fingerprint density at radius 3 is 2.60 bits per heavy atom. The molecule has 0 spiro atoms. The van der Waals surface area contributed by atoms with Gasteiger partial charge in [0.2, 0.25) is 0 Å². The number of aromatic nitrogens is 3. The molecule has 1 aliphatic rings. The van der Waals surface area contributed by atoms with E-state index in [4.69, 9.17) is 0 Å². The molecule has 6 nitrogen and oxygen atoms in total. The van der Waals surface area contributed by atoms with Crippen molar-refractivity contribution in [1.82, 2.24) is 24.6 Å². The number of fused-ring (bicyclic) bond motifs is 1. The van der Waals surface area contributed by atoms with Gasteiger partial charge in [0, 0.05) is 37.8 Å². The molecule has 3 aromatic rings. The first-order valence-corrected chi connectivity index (χ1v) is 9.83. The average molecular weight is 417 g/mol. The number of benzene rings is 1. The summed E-state index contributed by atoms with van der Waals surface area (Å²) in [6.45, 7) is 0.858. The molecule has 0 radical (unpaired) electrons. The summed E-state index contributed by atoms with van der Waals surface area (Å²) in [5.74, 6) is -0.214. The zero-order valence-corrected chi connectivity index (χ0v) is 16.3. The van der Waals surface area contributed by atoms with Crippen molar-refractivity contribution >= 4 is 16.9 Å². The van der Waals surface area contributed by atoms with E-state index < -0.39 is 12.7 Å². The van der Waals surface area contributed by atoms with Crippen LogP contribution in [-0.2, 0) is 6.54 Å². The largest absolute Gasteiger partial charge is 0.401 e. The van der Waals surface area contributed by atoms with Crippen LogP contribution in [0.25, 0.3) is 11.0 Å². The van der Waals surface area contributed by atoms with Crippen LogP contribution in [0.3, 0.4) is 0 Å². The summed E-state index contributed by atoms with van der Waals surface area (Å²) in [5, 5.41) is 5.13. The van der Waals surface area contributed by atoms with E-state index in [0.717, 1.165) is 10.9 Å². The van der Waals surface area contributed by atoms with Crippen LogP contribution in [-0.4, -0.2) is 69.4 Å². The summed E-state index contributed by atoms with van der Waals surface area (Å²) >= 11 is 0. The van der Waals surface area contributed by atoms with Crippen LogP contribution in [0.2, 0.25) is 0 Å². The molecule has 9 heteroatoms. The maximum absolute atomic E-state index is 12.9. The first-order chi connectivity index (χ1) is 14.4. The fraction of sp³-hybridized carbons (Fsp3) is 0.381. The lowest BCUT2D eigenvalue weighted by Crippen LogP contribution is -2.38. The number of hydrogen-bond acceptors (Lipinski definition) is 4. The average Bonchev–Trinajstić information content (AvgIpc) is 2.96. The minimum Gasteiger partial charge on any atom is -0.337 e. The van der Waals surface area contributed by atoms with Crippen molar-refractivity contribution in [2.75, 3.05) is 32.7 Å². The van der Waals surface area contributed by atoms with E-state index in [1.54, 1.807) is 21.8 Å². The van der Waals surface area contributed by atoms with E-state index in [9.17, 15) is 18.0 Å². The lowest BCUT2D eigenvalue weighted by atomic mass is 10.2. The third-order valence-electron chi connectivity index (χ3n) is 5.18. The Kier molecular flexibility index (Phi) is 5.72. The molecular weight excluding hydrogens is 395 g/mol. The number of hydrogen-bond donors (Lipinski definition) is 0. The van der Waals surface area contributed by atoms with Crippen molar-refractivity contribution in [2.24, 2.45) is 0 Å². The predicted octanol–water partition coefficient (Wildman–Crippen LogP) is 3.19. The Balaban J connectivity index is 1.46. The van der Waals surface area contributed by atoms with E-state index in [-0.39, 0.29) is 19.0 Å². The minimum atomic E-state index is -4.23.